The summed E-state index contributed by atoms with van der Waals surface area (Å²) in [5.74, 6) is -0.276. The van der Waals surface area contributed by atoms with E-state index in [1.54, 1.807) is 6.07 Å². The van der Waals surface area contributed by atoms with Crippen molar-refractivity contribution in [3.05, 3.63) is 41.3 Å². The Kier molecular flexibility index (Phi) is 2.87. The van der Waals surface area contributed by atoms with Gasteiger partial charge < -0.3 is 5.73 Å². The molecule has 1 aromatic carbocycles. The van der Waals surface area contributed by atoms with Gasteiger partial charge >= 0.3 is 0 Å². The van der Waals surface area contributed by atoms with E-state index in [2.05, 4.69) is 4.98 Å². The molecule has 0 amide bonds. The number of rotatable bonds is 2. The van der Waals surface area contributed by atoms with E-state index in [9.17, 15) is 4.39 Å². The van der Waals surface area contributed by atoms with Gasteiger partial charge in [-0.15, -0.1) is 0 Å². The van der Waals surface area contributed by atoms with Gasteiger partial charge in [-0.05, 0) is 44.9 Å². The number of halogens is 1. The molecule has 0 aliphatic rings. The molecule has 0 fully saturated rings. The van der Waals surface area contributed by atoms with E-state index >= 15 is 0 Å². The van der Waals surface area contributed by atoms with Crippen LogP contribution in [-0.4, -0.2) is 10.5 Å². The van der Waals surface area contributed by atoms with Crippen LogP contribution in [0.1, 0.15) is 25.1 Å². The molecule has 2 aromatic rings. The van der Waals surface area contributed by atoms with Crippen molar-refractivity contribution >= 4 is 10.9 Å². The van der Waals surface area contributed by atoms with Gasteiger partial charge in [0.05, 0.1) is 0 Å². The van der Waals surface area contributed by atoms with E-state index < -0.39 is 0 Å². The second kappa shape index (κ2) is 4.08. The zero-order valence-corrected chi connectivity index (χ0v) is 10.4. The van der Waals surface area contributed by atoms with Crippen molar-refractivity contribution in [1.82, 2.24) is 4.98 Å². The first-order valence-electron chi connectivity index (χ1n) is 5.70. The molecular formula is C14H17FN2. The lowest BCUT2D eigenvalue weighted by Gasteiger charge is -2.20. The summed E-state index contributed by atoms with van der Waals surface area (Å²) < 4.78 is 13.7. The second-order valence-corrected chi connectivity index (χ2v) is 5.22. The summed E-state index contributed by atoms with van der Waals surface area (Å²) >= 11 is 0. The molecule has 0 radical (unpaired) electrons. The van der Waals surface area contributed by atoms with Crippen molar-refractivity contribution in [2.45, 2.75) is 32.7 Å². The lowest BCUT2D eigenvalue weighted by molar-refractivity contribution is 0.518. The average molecular weight is 232 g/mol. The minimum Gasteiger partial charge on any atom is -0.325 e. The van der Waals surface area contributed by atoms with Crippen LogP contribution in [0.15, 0.2) is 24.3 Å². The van der Waals surface area contributed by atoms with E-state index in [0.717, 1.165) is 16.6 Å². The fraction of sp³-hybridized carbons (Fsp3) is 0.357. The summed E-state index contributed by atoms with van der Waals surface area (Å²) in [6.45, 7) is 5.81. The van der Waals surface area contributed by atoms with Gasteiger partial charge in [0.25, 0.3) is 0 Å². The third kappa shape index (κ3) is 2.61. The van der Waals surface area contributed by atoms with E-state index in [1.165, 1.54) is 6.07 Å². The minimum absolute atomic E-state index is 0.276. The first-order valence-corrected chi connectivity index (χ1v) is 5.70. The zero-order valence-electron chi connectivity index (χ0n) is 10.4. The normalized spacial score (nSPS) is 12.1. The number of aromatic nitrogens is 1. The lowest BCUT2D eigenvalue weighted by Crippen LogP contribution is -2.34. The molecule has 0 aliphatic carbocycles. The van der Waals surface area contributed by atoms with Gasteiger partial charge in [0.2, 0.25) is 0 Å². The lowest BCUT2D eigenvalue weighted by atomic mass is 9.93. The summed E-state index contributed by atoms with van der Waals surface area (Å²) in [7, 11) is 0. The largest absolute Gasteiger partial charge is 0.325 e. The number of hydrogen-bond donors (Lipinski definition) is 1. The Bertz CT molecular complexity index is 556. The van der Waals surface area contributed by atoms with Gasteiger partial charge in [-0.3, -0.25) is 4.98 Å². The van der Waals surface area contributed by atoms with Crippen molar-refractivity contribution in [2.24, 2.45) is 5.73 Å². The molecule has 0 bridgehead atoms. The Morgan fingerprint density at radius 1 is 1.35 bits per heavy atom. The van der Waals surface area contributed by atoms with Crippen LogP contribution in [0.4, 0.5) is 4.39 Å². The number of aryl methyl sites for hydroxylation is 1. The van der Waals surface area contributed by atoms with E-state index in [-0.39, 0.29) is 11.4 Å². The molecule has 0 spiro atoms. The van der Waals surface area contributed by atoms with Gasteiger partial charge in [-0.25, -0.2) is 4.39 Å². The smallest absolute Gasteiger partial charge is 0.149 e. The van der Waals surface area contributed by atoms with Gasteiger partial charge in [-0.1, -0.05) is 12.1 Å². The van der Waals surface area contributed by atoms with Crippen molar-refractivity contribution in [3.8, 4) is 0 Å². The molecule has 0 unspecified atom stereocenters. The number of benzene rings is 1. The second-order valence-electron chi connectivity index (χ2n) is 5.22. The molecule has 0 saturated heterocycles. The molecule has 0 atom stereocenters. The van der Waals surface area contributed by atoms with Gasteiger partial charge in [0.15, 0.2) is 0 Å². The molecular weight excluding hydrogens is 215 g/mol. The fourth-order valence-corrected chi connectivity index (χ4v) is 2.06. The van der Waals surface area contributed by atoms with Crippen molar-refractivity contribution in [2.75, 3.05) is 0 Å². The number of nitrogens with two attached hydrogens (primary N) is 1. The maximum atomic E-state index is 13.7. The maximum absolute atomic E-state index is 13.7. The number of para-hydroxylation sites is 1. The van der Waals surface area contributed by atoms with Crippen LogP contribution in [0.2, 0.25) is 0 Å². The summed E-state index contributed by atoms with van der Waals surface area (Å²) in [5, 5.41) is 0.856. The molecule has 3 heteroatoms. The van der Waals surface area contributed by atoms with Crippen molar-refractivity contribution < 1.29 is 4.39 Å². The predicted molar refractivity (Wildman–Crippen MR) is 68.4 cm³/mol. The summed E-state index contributed by atoms with van der Waals surface area (Å²) in [6, 6.07) is 7.02. The highest BCUT2D eigenvalue weighted by atomic mass is 19.1. The quantitative estimate of drug-likeness (QED) is 0.864. The van der Waals surface area contributed by atoms with Crippen LogP contribution < -0.4 is 5.73 Å². The highest BCUT2D eigenvalue weighted by Crippen LogP contribution is 2.23. The first kappa shape index (κ1) is 12.0. The predicted octanol–water partition coefficient (Wildman–Crippen LogP) is 2.96. The van der Waals surface area contributed by atoms with E-state index in [0.29, 0.717) is 11.9 Å². The molecule has 2 nitrogen and oxygen atoms in total. The van der Waals surface area contributed by atoms with Crippen LogP contribution in [-0.2, 0) is 6.42 Å². The van der Waals surface area contributed by atoms with Crippen LogP contribution in [0.25, 0.3) is 10.9 Å². The first-order chi connectivity index (χ1) is 7.87. The Hall–Kier alpha value is -1.48. The molecule has 17 heavy (non-hydrogen) atoms. The van der Waals surface area contributed by atoms with Gasteiger partial charge in [-0.2, -0.15) is 0 Å². The third-order valence-corrected chi connectivity index (χ3v) is 2.65. The molecule has 90 valence electrons. The Morgan fingerprint density at radius 3 is 2.71 bits per heavy atom. The summed E-state index contributed by atoms with van der Waals surface area (Å²) in [6.07, 6.45) is 0.705. The standard InChI is InChI=1S/C14H17FN2/c1-9-7-10(8-14(2,3)16)11-5-4-6-12(15)13(11)17-9/h4-7H,8,16H2,1-3H3. The molecule has 0 aliphatic heterocycles. The Morgan fingerprint density at radius 2 is 2.06 bits per heavy atom. The van der Waals surface area contributed by atoms with E-state index in [1.807, 2.05) is 32.9 Å². The van der Waals surface area contributed by atoms with Crippen molar-refractivity contribution in [1.29, 1.82) is 0 Å². The maximum Gasteiger partial charge on any atom is 0.149 e. The van der Waals surface area contributed by atoms with Crippen LogP contribution in [0, 0.1) is 12.7 Å². The van der Waals surface area contributed by atoms with Crippen LogP contribution in [0.3, 0.4) is 0 Å². The molecule has 1 heterocycles. The fourth-order valence-electron chi connectivity index (χ4n) is 2.06. The number of hydrogen-bond acceptors (Lipinski definition) is 2. The molecule has 2 N–H and O–H groups in total. The number of fused-ring (bicyclic) bond motifs is 1. The highest BCUT2D eigenvalue weighted by Gasteiger charge is 2.15. The molecule has 2 rings (SSSR count). The molecule has 1 aromatic heterocycles. The Labute approximate surface area is 101 Å². The minimum atomic E-state index is -0.312. The highest BCUT2D eigenvalue weighted by molar-refractivity contribution is 5.83. The summed E-state index contributed by atoms with van der Waals surface area (Å²) in [5.41, 5.74) is 8.03. The number of pyridine rings is 1. The third-order valence-electron chi connectivity index (χ3n) is 2.65. The zero-order chi connectivity index (χ0) is 12.6. The topological polar surface area (TPSA) is 38.9 Å². The SMILES string of the molecule is Cc1cc(CC(C)(C)N)c2cccc(F)c2n1. The molecule has 0 saturated carbocycles. The van der Waals surface area contributed by atoms with Crippen LogP contribution in [0.5, 0.6) is 0 Å². The monoisotopic (exact) mass is 232 g/mol. The van der Waals surface area contributed by atoms with Crippen LogP contribution >= 0.6 is 0 Å². The number of nitrogens with zero attached hydrogens (tertiary/aromatic N) is 1. The summed E-state index contributed by atoms with van der Waals surface area (Å²) in [4.78, 5) is 4.25. The van der Waals surface area contributed by atoms with E-state index in [4.69, 9.17) is 5.73 Å². The van der Waals surface area contributed by atoms with Crippen molar-refractivity contribution in [3.63, 3.8) is 0 Å². The van der Waals surface area contributed by atoms with Gasteiger partial charge in [0.1, 0.15) is 11.3 Å². The average Bonchev–Trinajstić information content (AvgIpc) is 2.17. The van der Waals surface area contributed by atoms with Gasteiger partial charge in [0, 0.05) is 16.6 Å². The Balaban J connectivity index is 2.66.